The molecule has 2 rings (SSSR count). The molecule has 86 valence electrons. The van der Waals surface area contributed by atoms with Crippen LogP contribution in [-0.4, -0.2) is 5.24 Å². The Labute approximate surface area is 102 Å². The zero-order valence-corrected chi connectivity index (χ0v) is 9.34. The fraction of sp³-hybridized carbons (Fsp3) is 0. The molecule has 0 saturated heterocycles. The van der Waals surface area contributed by atoms with E-state index in [0.29, 0.717) is 11.1 Å². The van der Waals surface area contributed by atoms with E-state index in [2.05, 4.69) is 0 Å². The van der Waals surface area contributed by atoms with Gasteiger partial charge < -0.3 is 0 Å². The molecule has 4 heteroatoms. The summed E-state index contributed by atoms with van der Waals surface area (Å²) < 4.78 is 26.3. The van der Waals surface area contributed by atoms with Crippen molar-refractivity contribution >= 4 is 16.8 Å². The third-order valence-corrected chi connectivity index (χ3v) is 2.50. The zero-order valence-electron chi connectivity index (χ0n) is 8.58. The van der Waals surface area contributed by atoms with Crippen LogP contribution in [0, 0.1) is 11.6 Å². The number of carbonyl (C=O) groups excluding carboxylic acids is 1. The van der Waals surface area contributed by atoms with Gasteiger partial charge in [0.2, 0.25) is 0 Å². The Balaban J connectivity index is 2.56. The molecule has 0 fully saturated rings. The van der Waals surface area contributed by atoms with E-state index in [1.807, 2.05) is 0 Å². The maximum Gasteiger partial charge on any atom is 0.252 e. The van der Waals surface area contributed by atoms with E-state index in [4.69, 9.17) is 11.6 Å². The molecule has 1 nitrogen and oxygen atoms in total. The van der Waals surface area contributed by atoms with Gasteiger partial charge in [0.05, 0.1) is 0 Å². The first kappa shape index (κ1) is 11.7. The number of halogens is 3. The summed E-state index contributed by atoms with van der Waals surface area (Å²) in [5, 5.41) is -0.748. The van der Waals surface area contributed by atoms with E-state index in [1.54, 1.807) is 6.07 Å². The molecule has 0 amide bonds. The Hall–Kier alpha value is -1.74. The Morgan fingerprint density at radius 3 is 2.29 bits per heavy atom. The van der Waals surface area contributed by atoms with Crippen molar-refractivity contribution in [1.82, 2.24) is 0 Å². The van der Waals surface area contributed by atoms with Crippen LogP contribution in [0.25, 0.3) is 11.1 Å². The molecule has 0 heterocycles. The van der Waals surface area contributed by atoms with Crippen molar-refractivity contribution < 1.29 is 13.6 Å². The first-order chi connectivity index (χ1) is 8.06. The quantitative estimate of drug-likeness (QED) is 0.738. The van der Waals surface area contributed by atoms with Gasteiger partial charge in [-0.15, -0.1) is 0 Å². The van der Waals surface area contributed by atoms with Crippen LogP contribution in [0.3, 0.4) is 0 Å². The van der Waals surface area contributed by atoms with Gasteiger partial charge in [-0.05, 0) is 53.1 Å². The number of hydrogen-bond donors (Lipinski definition) is 0. The van der Waals surface area contributed by atoms with Gasteiger partial charge in [0, 0.05) is 5.56 Å². The molecule has 0 bridgehead atoms. The molecule has 0 aliphatic heterocycles. The van der Waals surface area contributed by atoms with Crippen LogP contribution < -0.4 is 0 Å². The molecule has 0 aliphatic rings. The highest BCUT2D eigenvalue weighted by Gasteiger charge is 2.08. The molecule has 2 aromatic rings. The summed E-state index contributed by atoms with van der Waals surface area (Å²) in [6.07, 6.45) is 0. The van der Waals surface area contributed by atoms with E-state index in [1.165, 1.54) is 30.3 Å². The van der Waals surface area contributed by atoms with E-state index in [0.717, 1.165) is 6.07 Å². The molecular weight excluding hydrogens is 246 g/mol. The van der Waals surface area contributed by atoms with Gasteiger partial charge in [-0.25, -0.2) is 8.78 Å². The topological polar surface area (TPSA) is 17.1 Å². The van der Waals surface area contributed by atoms with Crippen LogP contribution in [0.4, 0.5) is 8.78 Å². The van der Waals surface area contributed by atoms with Crippen LogP contribution in [0.2, 0.25) is 0 Å². The summed E-state index contributed by atoms with van der Waals surface area (Å²) >= 11 is 5.29. The van der Waals surface area contributed by atoms with Gasteiger partial charge >= 0.3 is 0 Å². The molecule has 0 atom stereocenters. The predicted molar refractivity (Wildman–Crippen MR) is 62.0 cm³/mol. The highest BCUT2D eigenvalue weighted by atomic mass is 35.5. The van der Waals surface area contributed by atoms with Crippen molar-refractivity contribution in [2.24, 2.45) is 0 Å². The fourth-order valence-electron chi connectivity index (χ4n) is 1.54. The summed E-state index contributed by atoms with van der Waals surface area (Å²) in [5.74, 6) is -1.01. The molecule has 0 saturated carbocycles. The average molecular weight is 253 g/mol. The lowest BCUT2D eigenvalue weighted by Crippen LogP contribution is -1.92. The summed E-state index contributed by atoms with van der Waals surface area (Å²) in [7, 11) is 0. The third-order valence-electron chi connectivity index (χ3n) is 2.28. The summed E-state index contributed by atoms with van der Waals surface area (Å²) in [6.45, 7) is 0. The lowest BCUT2D eigenvalue weighted by Gasteiger charge is -2.04. The van der Waals surface area contributed by atoms with E-state index in [9.17, 15) is 13.6 Å². The predicted octanol–water partition coefficient (Wildman–Crippen LogP) is 4.01. The maximum absolute atomic E-state index is 13.3. The van der Waals surface area contributed by atoms with E-state index >= 15 is 0 Å². The van der Waals surface area contributed by atoms with Crippen molar-refractivity contribution in [3.05, 3.63) is 59.7 Å². The van der Waals surface area contributed by atoms with Crippen LogP contribution in [0.5, 0.6) is 0 Å². The van der Waals surface area contributed by atoms with E-state index < -0.39 is 16.9 Å². The van der Waals surface area contributed by atoms with Crippen LogP contribution in [0.1, 0.15) is 10.4 Å². The van der Waals surface area contributed by atoms with Gasteiger partial charge in [0.15, 0.2) is 0 Å². The normalized spacial score (nSPS) is 10.3. The zero-order chi connectivity index (χ0) is 12.4. The van der Waals surface area contributed by atoms with Crippen molar-refractivity contribution in [1.29, 1.82) is 0 Å². The SMILES string of the molecule is O=C(Cl)c1cc(F)cc(-c2cccc(F)c2)c1. The Kier molecular flexibility index (Phi) is 3.20. The number of hydrogen-bond acceptors (Lipinski definition) is 1. The molecular formula is C13H7ClF2O. The van der Waals surface area contributed by atoms with Crippen molar-refractivity contribution in [2.45, 2.75) is 0 Å². The molecule has 0 aliphatic carbocycles. The first-order valence-electron chi connectivity index (χ1n) is 4.82. The van der Waals surface area contributed by atoms with Crippen molar-refractivity contribution in [3.63, 3.8) is 0 Å². The van der Waals surface area contributed by atoms with Gasteiger partial charge in [-0.3, -0.25) is 4.79 Å². The average Bonchev–Trinajstić information content (AvgIpc) is 2.28. The van der Waals surface area contributed by atoms with Gasteiger partial charge in [-0.2, -0.15) is 0 Å². The number of rotatable bonds is 2. The Bertz CT molecular complexity index is 581. The minimum Gasteiger partial charge on any atom is -0.276 e. The molecule has 0 unspecified atom stereocenters. The highest BCUT2D eigenvalue weighted by molar-refractivity contribution is 6.67. The molecule has 0 spiro atoms. The van der Waals surface area contributed by atoms with Gasteiger partial charge in [-0.1, -0.05) is 12.1 Å². The molecule has 17 heavy (non-hydrogen) atoms. The Morgan fingerprint density at radius 1 is 0.941 bits per heavy atom. The summed E-state index contributed by atoms with van der Waals surface area (Å²) in [5.41, 5.74) is 0.947. The van der Waals surface area contributed by atoms with Crippen LogP contribution >= 0.6 is 11.6 Å². The number of carbonyl (C=O) groups is 1. The second-order valence-corrected chi connectivity index (χ2v) is 3.86. The minimum atomic E-state index is -0.748. The van der Waals surface area contributed by atoms with Crippen LogP contribution in [0.15, 0.2) is 42.5 Å². The molecule has 0 aromatic heterocycles. The molecule has 0 N–H and O–H groups in total. The van der Waals surface area contributed by atoms with Gasteiger partial charge in [0.1, 0.15) is 11.6 Å². The smallest absolute Gasteiger partial charge is 0.252 e. The number of benzene rings is 2. The molecule has 2 aromatic carbocycles. The Morgan fingerprint density at radius 2 is 1.65 bits per heavy atom. The second kappa shape index (κ2) is 4.63. The van der Waals surface area contributed by atoms with Crippen molar-refractivity contribution in [3.8, 4) is 11.1 Å². The summed E-state index contributed by atoms with van der Waals surface area (Å²) in [4.78, 5) is 11.0. The first-order valence-corrected chi connectivity index (χ1v) is 5.20. The minimum absolute atomic E-state index is 0.0472. The lowest BCUT2D eigenvalue weighted by atomic mass is 10.0. The standard InChI is InChI=1S/C13H7ClF2O/c14-13(17)10-4-9(6-12(16)7-10)8-2-1-3-11(15)5-8/h1-7H. The fourth-order valence-corrected chi connectivity index (χ4v) is 1.65. The summed E-state index contributed by atoms with van der Waals surface area (Å²) in [6, 6.07) is 9.37. The third kappa shape index (κ3) is 2.68. The van der Waals surface area contributed by atoms with Gasteiger partial charge in [0.25, 0.3) is 5.24 Å². The second-order valence-electron chi connectivity index (χ2n) is 3.51. The van der Waals surface area contributed by atoms with Crippen molar-refractivity contribution in [2.75, 3.05) is 0 Å². The highest BCUT2D eigenvalue weighted by Crippen LogP contribution is 2.23. The molecule has 0 radical (unpaired) electrons. The monoisotopic (exact) mass is 252 g/mol. The lowest BCUT2D eigenvalue weighted by molar-refractivity contribution is 0.108. The van der Waals surface area contributed by atoms with Crippen LogP contribution in [-0.2, 0) is 0 Å². The largest absolute Gasteiger partial charge is 0.276 e. The van der Waals surface area contributed by atoms with E-state index in [-0.39, 0.29) is 5.56 Å². The maximum atomic E-state index is 13.3.